The number of esters is 1. The Balaban J connectivity index is 1.74. The predicted molar refractivity (Wildman–Crippen MR) is 101 cm³/mol. The van der Waals surface area contributed by atoms with Gasteiger partial charge in [0.25, 0.3) is 0 Å². The van der Waals surface area contributed by atoms with Gasteiger partial charge in [-0.1, -0.05) is 12.7 Å². The molecule has 6 nitrogen and oxygen atoms in total. The zero-order valence-corrected chi connectivity index (χ0v) is 15.2. The summed E-state index contributed by atoms with van der Waals surface area (Å²) < 4.78 is 21.1. The lowest BCUT2D eigenvalue weighted by Crippen LogP contribution is -2.19. The molecule has 0 saturated heterocycles. The van der Waals surface area contributed by atoms with E-state index in [0.717, 1.165) is 5.75 Å². The van der Waals surface area contributed by atoms with Crippen LogP contribution in [0.1, 0.15) is 17.3 Å². The van der Waals surface area contributed by atoms with Crippen molar-refractivity contribution in [3.8, 4) is 17.2 Å². The topological polar surface area (TPSA) is 71.1 Å². The van der Waals surface area contributed by atoms with Crippen LogP contribution in [0.3, 0.4) is 0 Å². The van der Waals surface area contributed by atoms with Gasteiger partial charge in [0.2, 0.25) is 5.78 Å². The van der Waals surface area contributed by atoms with Crippen LogP contribution in [0.2, 0.25) is 0 Å². The van der Waals surface area contributed by atoms with E-state index < -0.39 is 5.97 Å². The summed E-state index contributed by atoms with van der Waals surface area (Å²) in [4.78, 5) is 23.6. The van der Waals surface area contributed by atoms with Crippen molar-refractivity contribution in [2.45, 2.75) is 6.92 Å². The first-order valence-electron chi connectivity index (χ1n) is 8.50. The maximum Gasteiger partial charge on any atom is 0.338 e. The predicted octanol–water partition coefficient (Wildman–Crippen LogP) is 3.46. The van der Waals surface area contributed by atoms with E-state index in [1.165, 1.54) is 6.08 Å². The Morgan fingerprint density at radius 3 is 1.81 bits per heavy atom. The Labute approximate surface area is 158 Å². The molecule has 2 aromatic carbocycles. The maximum absolute atomic E-state index is 11.9. The Kier molecular flexibility index (Phi) is 7.91. The Morgan fingerprint density at radius 1 is 0.852 bits per heavy atom. The smallest absolute Gasteiger partial charge is 0.338 e. The summed E-state index contributed by atoms with van der Waals surface area (Å²) in [6, 6.07) is 13.4. The van der Waals surface area contributed by atoms with E-state index in [2.05, 4.69) is 6.58 Å². The van der Waals surface area contributed by atoms with Crippen molar-refractivity contribution in [1.29, 1.82) is 0 Å². The highest BCUT2D eigenvalue weighted by Gasteiger charge is 2.08. The molecule has 0 aliphatic rings. The molecule has 2 aromatic rings. The van der Waals surface area contributed by atoms with Gasteiger partial charge in [0.05, 0.1) is 12.2 Å². The third kappa shape index (κ3) is 6.86. The molecular formula is C21H22O6. The highest BCUT2D eigenvalue weighted by atomic mass is 16.5. The van der Waals surface area contributed by atoms with Gasteiger partial charge < -0.3 is 18.9 Å². The lowest BCUT2D eigenvalue weighted by molar-refractivity contribution is -0.123. The molecule has 0 bridgehead atoms. The quantitative estimate of drug-likeness (QED) is 0.446. The zero-order valence-electron chi connectivity index (χ0n) is 15.2. The molecule has 0 aromatic heterocycles. The van der Waals surface area contributed by atoms with Crippen LogP contribution in [0.5, 0.6) is 17.2 Å². The third-order valence-corrected chi connectivity index (χ3v) is 3.36. The average Bonchev–Trinajstić information content (AvgIpc) is 2.70. The molecule has 142 valence electrons. The van der Waals surface area contributed by atoms with Gasteiger partial charge in [0, 0.05) is 0 Å². The molecule has 0 aliphatic carbocycles. The Morgan fingerprint density at radius 2 is 1.33 bits per heavy atom. The molecule has 0 saturated carbocycles. The number of hydrogen-bond acceptors (Lipinski definition) is 6. The second-order valence-electron chi connectivity index (χ2n) is 5.43. The second kappa shape index (κ2) is 10.7. The number of rotatable bonds is 11. The summed E-state index contributed by atoms with van der Waals surface area (Å²) in [5.74, 6) is 1.15. The molecular weight excluding hydrogens is 348 g/mol. The second-order valence-corrected chi connectivity index (χ2v) is 5.43. The number of ketones is 1. The first-order chi connectivity index (χ1) is 13.1. The molecule has 0 atom stereocenters. The van der Waals surface area contributed by atoms with Gasteiger partial charge in [-0.2, -0.15) is 0 Å². The van der Waals surface area contributed by atoms with Gasteiger partial charge in [-0.05, 0) is 55.5 Å². The molecule has 0 spiro atoms. The van der Waals surface area contributed by atoms with E-state index in [1.807, 2.05) is 6.92 Å². The van der Waals surface area contributed by atoms with Crippen LogP contribution >= 0.6 is 0 Å². The number of carbonyl (C=O) groups is 2. The summed E-state index contributed by atoms with van der Waals surface area (Å²) in [7, 11) is 0. The molecule has 0 unspecified atom stereocenters. The molecule has 0 aliphatic heterocycles. The largest absolute Gasteiger partial charge is 0.494 e. The molecule has 0 fully saturated rings. The SMILES string of the molecule is C=CCOC(=O)c1ccc(OCC(=O)COc2ccc(OCC)cc2)cc1. The lowest BCUT2D eigenvalue weighted by Gasteiger charge is -2.09. The molecule has 0 radical (unpaired) electrons. The molecule has 0 heterocycles. The summed E-state index contributed by atoms with van der Waals surface area (Å²) >= 11 is 0. The van der Waals surface area contributed by atoms with Crippen LogP contribution in [0.15, 0.2) is 61.2 Å². The molecule has 0 N–H and O–H groups in total. The number of hydrogen-bond donors (Lipinski definition) is 0. The number of ether oxygens (including phenoxy) is 4. The van der Waals surface area contributed by atoms with E-state index in [9.17, 15) is 9.59 Å². The van der Waals surface area contributed by atoms with Crippen molar-refractivity contribution in [2.24, 2.45) is 0 Å². The number of benzene rings is 2. The van der Waals surface area contributed by atoms with Crippen LogP contribution in [0, 0.1) is 0 Å². The fourth-order valence-electron chi connectivity index (χ4n) is 2.07. The van der Waals surface area contributed by atoms with Gasteiger partial charge in [0.15, 0.2) is 0 Å². The van der Waals surface area contributed by atoms with E-state index in [1.54, 1.807) is 48.5 Å². The zero-order chi connectivity index (χ0) is 19.5. The highest BCUT2D eigenvalue weighted by Crippen LogP contribution is 2.17. The summed E-state index contributed by atoms with van der Waals surface area (Å²) in [6.07, 6.45) is 1.50. The normalized spacial score (nSPS) is 9.96. The minimum atomic E-state index is -0.443. The van der Waals surface area contributed by atoms with Crippen molar-refractivity contribution in [3.05, 3.63) is 66.7 Å². The van der Waals surface area contributed by atoms with Crippen molar-refractivity contribution in [2.75, 3.05) is 26.4 Å². The summed E-state index contributed by atoms with van der Waals surface area (Å²) in [6.45, 7) is 5.91. The Bertz CT molecular complexity index is 749. The number of Topliss-reactive ketones (excluding diaryl/α,β-unsaturated/α-hetero) is 1. The maximum atomic E-state index is 11.9. The first-order valence-corrected chi connectivity index (χ1v) is 8.50. The lowest BCUT2D eigenvalue weighted by atomic mass is 10.2. The fourth-order valence-corrected chi connectivity index (χ4v) is 2.07. The average molecular weight is 370 g/mol. The van der Waals surface area contributed by atoms with Crippen LogP contribution in [-0.2, 0) is 9.53 Å². The van der Waals surface area contributed by atoms with Gasteiger partial charge in [0.1, 0.15) is 37.1 Å². The van der Waals surface area contributed by atoms with Crippen LogP contribution in [0.25, 0.3) is 0 Å². The van der Waals surface area contributed by atoms with Crippen molar-refractivity contribution in [1.82, 2.24) is 0 Å². The van der Waals surface area contributed by atoms with Crippen LogP contribution in [0.4, 0.5) is 0 Å². The molecule has 2 rings (SSSR count). The third-order valence-electron chi connectivity index (χ3n) is 3.36. The van der Waals surface area contributed by atoms with Gasteiger partial charge in [-0.15, -0.1) is 0 Å². The summed E-state index contributed by atoms with van der Waals surface area (Å²) in [5, 5.41) is 0. The fraction of sp³-hybridized carbons (Fsp3) is 0.238. The van der Waals surface area contributed by atoms with E-state index in [-0.39, 0.29) is 25.6 Å². The standard InChI is InChI=1S/C21H22O6/c1-3-13-25-21(23)16-5-7-19(8-6-16)26-14-17(22)15-27-20-11-9-18(10-12-20)24-4-2/h3,5-12H,1,4,13-15H2,2H3. The first kappa shape index (κ1) is 20.0. The van der Waals surface area contributed by atoms with Gasteiger partial charge in [-0.25, -0.2) is 4.79 Å². The summed E-state index contributed by atoms with van der Waals surface area (Å²) in [5.41, 5.74) is 0.398. The number of carbonyl (C=O) groups excluding carboxylic acids is 2. The minimum Gasteiger partial charge on any atom is -0.494 e. The highest BCUT2D eigenvalue weighted by molar-refractivity contribution is 5.89. The molecule has 6 heteroatoms. The van der Waals surface area contributed by atoms with Gasteiger partial charge >= 0.3 is 5.97 Å². The van der Waals surface area contributed by atoms with E-state index >= 15 is 0 Å². The van der Waals surface area contributed by atoms with E-state index in [0.29, 0.717) is 23.7 Å². The molecule has 27 heavy (non-hydrogen) atoms. The van der Waals surface area contributed by atoms with Crippen LogP contribution in [-0.4, -0.2) is 38.2 Å². The van der Waals surface area contributed by atoms with Crippen molar-refractivity contribution in [3.63, 3.8) is 0 Å². The Hall–Kier alpha value is -3.28. The van der Waals surface area contributed by atoms with E-state index in [4.69, 9.17) is 18.9 Å². The minimum absolute atomic E-state index is 0.0973. The van der Waals surface area contributed by atoms with Gasteiger partial charge in [-0.3, -0.25) is 4.79 Å². The van der Waals surface area contributed by atoms with Crippen molar-refractivity contribution >= 4 is 11.8 Å². The van der Waals surface area contributed by atoms with Crippen LogP contribution < -0.4 is 14.2 Å². The van der Waals surface area contributed by atoms with Crippen molar-refractivity contribution < 1.29 is 28.5 Å². The monoisotopic (exact) mass is 370 g/mol. The molecule has 0 amide bonds.